The van der Waals surface area contributed by atoms with Crippen LogP contribution >= 0.6 is 0 Å². The highest BCUT2D eigenvalue weighted by Gasteiger charge is 2.09. The van der Waals surface area contributed by atoms with E-state index in [9.17, 15) is 5.11 Å². The standard InChI is InChI=1S/C18H23NO2/c1-14-8-10-18(11-9-14)21-13-17(20)12-19-15(2)16-6-4-3-5-7-16/h3-11,15,17,19-20H,12-13H2,1-2H3/t15-,17+/m1/s1. The molecule has 3 nitrogen and oxygen atoms in total. The van der Waals surface area contributed by atoms with Crippen molar-refractivity contribution in [2.75, 3.05) is 13.2 Å². The number of rotatable bonds is 7. The maximum atomic E-state index is 9.97. The minimum absolute atomic E-state index is 0.209. The minimum Gasteiger partial charge on any atom is -0.491 e. The van der Waals surface area contributed by atoms with Gasteiger partial charge in [-0.15, -0.1) is 0 Å². The summed E-state index contributed by atoms with van der Waals surface area (Å²) in [4.78, 5) is 0. The van der Waals surface area contributed by atoms with Crippen molar-refractivity contribution in [3.05, 3.63) is 65.7 Å². The lowest BCUT2D eigenvalue weighted by atomic mass is 10.1. The van der Waals surface area contributed by atoms with Crippen LogP contribution in [-0.4, -0.2) is 24.4 Å². The molecule has 0 heterocycles. The third kappa shape index (κ3) is 5.21. The van der Waals surface area contributed by atoms with Gasteiger partial charge < -0.3 is 15.2 Å². The van der Waals surface area contributed by atoms with E-state index < -0.39 is 6.10 Å². The Hall–Kier alpha value is -1.84. The Labute approximate surface area is 126 Å². The molecule has 2 aromatic carbocycles. The number of hydrogen-bond donors (Lipinski definition) is 2. The highest BCUT2D eigenvalue weighted by atomic mass is 16.5. The van der Waals surface area contributed by atoms with Crippen LogP contribution in [0.2, 0.25) is 0 Å². The molecule has 2 N–H and O–H groups in total. The maximum absolute atomic E-state index is 9.97. The van der Waals surface area contributed by atoms with Crippen molar-refractivity contribution >= 4 is 0 Å². The Balaban J connectivity index is 1.72. The fourth-order valence-corrected chi connectivity index (χ4v) is 2.06. The van der Waals surface area contributed by atoms with Crippen molar-refractivity contribution in [3.8, 4) is 5.75 Å². The molecule has 0 saturated heterocycles. The molecule has 0 saturated carbocycles. The Morgan fingerprint density at radius 2 is 1.71 bits per heavy atom. The predicted molar refractivity (Wildman–Crippen MR) is 85.5 cm³/mol. The molecule has 2 rings (SSSR count). The van der Waals surface area contributed by atoms with Crippen LogP contribution in [0.15, 0.2) is 54.6 Å². The van der Waals surface area contributed by atoms with Gasteiger partial charge in [-0.2, -0.15) is 0 Å². The number of ether oxygens (including phenoxy) is 1. The van der Waals surface area contributed by atoms with E-state index in [1.54, 1.807) is 0 Å². The van der Waals surface area contributed by atoms with E-state index in [1.807, 2.05) is 49.4 Å². The van der Waals surface area contributed by atoms with Gasteiger partial charge in [-0.3, -0.25) is 0 Å². The molecule has 2 atom stereocenters. The van der Waals surface area contributed by atoms with Crippen molar-refractivity contribution in [2.45, 2.75) is 26.0 Å². The first-order chi connectivity index (χ1) is 10.1. The van der Waals surface area contributed by atoms with Gasteiger partial charge in [-0.25, -0.2) is 0 Å². The predicted octanol–water partition coefficient (Wildman–Crippen LogP) is 3.09. The SMILES string of the molecule is Cc1ccc(OC[C@@H](O)CN[C@H](C)c2ccccc2)cc1. The van der Waals surface area contributed by atoms with E-state index in [0.29, 0.717) is 6.54 Å². The first-order valence-electron chi connectivity index (χ1n) is 7.31. The van der Waals surface area contributed by atoms with Gasteiger partial charge in [-0.1, -0.05) is 48.0 Å². The average Bonchev–Trinajstić information content (AvgIpc) is 2.53. The molecule has 0 amide bonds. The van der Waals surface area contributed by atoms with E-state index in [1.165, 1.54) is 11.1 Å². The Bertz CT molecular complexity index is 525. The Kier molecular flexibility index (Phi) is 5.78. The van der Waals surface area contributed by atoms with Gasteiger partial charge in [0.2, 0.25) is 0 Å². The lowest BCUT2D eigenvalue weighted by Gasteiger charge is -2.18. The summed E-state index contributed by atoms with van der Waals surface area (Å²) in [7, 11) is 0. The number of aliphatic hydroxyl groups is 1. The van der Waals surface area contributed by atoms with Crippen LogP contribution in [0, 0.1) is 6.92 Å². The van der Waals surface area contributed by atoms with Crippen molar-refractivity contribution in [1.82, 2.24) is 5.32 Å². The summed E-state index contributed by atoms with van der Waals surface area (Å²) in [6, 6.07) is 18.2. The molecule has 0 aliphatic carbocycles. The van der Waals surface area contributed by atoms with Crippen molar-refractivity contribution < 1.29 is 9.84 Å². The molecular weight excluding hydrogens is 262 g/mol. The van der Waals surface area contributed by atoms with Gasteiger partial charge >= 0.3 is 0 Å². The Morgan fingerprint density at radius 1 is 1.05 bits per heavy atom. The van der Waals surface area contributed by atoms with E-state index in [4.69, 9.17) is 4.74 Å². The normalized spacial score (nSPS) is 13.7. The molecule has 3 heteroatoms. The number of nitrogens with one attached hydrogen (secondary N) is 1. The lowest BCUT2D eigenvalue weighted by Crippen LogP contribution is -2.33. The third-order valence-electron chi connectivity index (χ3n) is 3.42. The molecule has 0 bridgehead atoms. The molecule has 0 radical (unpaired) electrons. The minimum atomic E-state index is -0.530. The highest BCUT2D eigenvalue weighted by molar-refractivity contribution is 5.26. The van der Waals surface area contributed by atoms with Gasteiger partial charge in [0.25, 0.3) is 0 Å². The van der Waals surface area contributed by atoms with Crippen LogP contribution in [0.4, 0.5) is 0 Å². The molecule has 112 valence electrons. The molecule has 0 aliphatic heterocycles. The molecule has 0 aromatic heterocycles. The van der Waals surface area contributed by atoms with E-state index in [-0.39, 0.29) is 12.6 Å². The second-order valence-corrected chi connectivity index (χ2v) is 5.32. The zero-order valence-corrected chi connectivity index (χ0v) is 12.6. The third-order valence-corrected chi connectivity index (χ3v) is 3.42. The largest absolute Gasteiger partial charge is 0.491 e. The fraction of sp³-hybridized carbons (Fsp3) is 0.333. The van der Waals surface area contributed by atoms with Crippen molar-refractivity contribution in [3.63, 3.8) is 0 Å². The summed E-state index contributed by atoms with van der Waals surface area (Å²) < 4.78 is 5.57. The quantitative estimate of drug-likeness (QED) is 0.821. The Morgan fingerprint density at radius 3 is 2.38 bits per heavy atom. The number of benzene rings is 2. The lowest BCUT2D eigenvalue weighted by molar-refractivity contribution is 0.104. The second kappa shape index (κ2) is 7.81. The zero-order chi connectivity index (χ0) is 15.1. The molecule has 0 aliphatic rings. The zero-order valence-electron chi connectivity index (χ0n) is 12.6. The van der Waals surface area contributed by atoms with Crippen LogP contribution < -0.4 is 10.1 Å². The smallest absolute Gasteiger partial charge is 0.119 e. The van der Waals surface area contributed by atoms with E-state index in [2.05, 4.69) is 24.4 Å². The topological polar surface area (TPSA) is 41.5 Å². The summed E-state index contributed by atoms with van der Waals surface area (Å²) >= 11 is 0. The fourth-order valence-electron chi connectivity index (χ4n) is 2.06. The molecule has 21 heavy (non-hydrogen) atoms. The molecule has 0 spiro atoms. The summed E-state index contributed by atoms with van der Waals surface area (Å²) in [6.45, 7) is 4.91. The molecule has 0 unspecified atom stereocenters. The summed E-state index contributed by atoms with van der Waals surface area (Å²) in [5.41, 5.74) is 2.41. The van der Waals surface area contributed by atoms with Crippen molar-refractivity contribution in [1.29, 1.82) is 0 Å². The first-order valence-corrected chi connectivity index (χ1v) is 7.31. The summed E-state index contributed by atoms with van der Waals surface area (Å²) in [5, 5.41) is 13.3. The molecule has 2 aromatic rings. The van der Waals surface area contributed by atoms with E-state index in [0.717, 1.165) is 5.75 Å². The number of hydrogen-bond acceptors (Lipinski definition) is 3. The van der Waals surface area contributed by atoms with Gasteiger partial charge in [-0.05, 0) is 31.5 Å². The van der Waals surface area contributed by atoms with Crippen LogP contribution in [0.5, 0.6) is 5.75 Å². The first kappa shape index (κ1) is 15.5. The van der Waals surface area contributed by atoms with Gasteiger partial charge in [0, 0.05) is 12.6 Å². The van der Waals surface area contributed by atoms with Gasteiger partial charge in [0.1, 0.15) is 18.5 Å². The van der Waals surface area contributed by atoms with Crippen LogP contribution in [0.25, 0.3) is 0 Å². The maximum Gasteiger partial charge on any atom is 0.119 e. The monoisotopic (exact) mass is 285 g/mol. The highest BCUT2D eigenvalue weighted by Crippen LogP contribution is 2.12. The van der Waals surface area contributed by atoms with Gasteiger partial charge in [0.05, 0.1) is 0 Å². The van der Waals surface area contributed by atoms with Crippen molar-refractivity contribution in [2.24, 2.45) is 0 Å². The van der Waals surface area contributed by atoms with E-state index >= 15 is 0 Å². The van der Waals surface area contributed by atoms with Crippen LogP contribution in [-0.2, 0) is 0 Å². The number of aliphatic hydroxyl groups excluding tert-OH is 1. The molecular formula is C18H23NO2. The average molecular weight is 285 g/mol. The van der Waals surface area contributed by atoms with Gasteiger partial charge in [0.15, 0.2) is 0 Å². The van der Waals surface area contributed by atoms with Crippen LogP contribution in [0.1, 0.15) is 24.1 Å². The number of aryl methyl sites for hydroxylation is 1. The summed E-state index contributed by atoms with van der Waals surface area (Å²) in [6.07, 6.45) is -0.530. The second-order valence-electron chi connectivity index (χ2n) is 5.32. The molecule has 0 fully saturated rings. The van der Waals surface area contributed by atoms with Crippen LogP contribution in [0.3, 0.4) is 0 Å². The summed E-state index contributed by atoms with van der Waals surface area (Å²) in [5.74, 6) is 0.788.